The molecule has 1 aromatic heterocycles. The van der Waals surface area contributed by atoms with Crippen molar-refractivity contribution in [3.05, 3.63) is 11.9 Å². The summed E-state index contributed by atoms with van der Waals surface area (Å²) in [6, 6.07) is 0. The van der Waals surface area contributed by atoms with Crippen LogP contribution in [0.3, 0.4) is 0 Å². The molecule has 1 saturated heterocycles. The number of hydrogen-bond acceptors (Lipinski definition) is 3. The number of nitrogens with one attached hydrogen (secondary N) is 1. The van der Waals surface area contributed by atoms with Crippen LogP contribution in [0.15, 0.2) is 6.20 Å². The molecular weight excluding hydrogens is 214 g/mol. The van der Waals surface area contributed by atoms with Gasteiger partial charge in [0.15, 0.2) is 5.75 Å². The van der Waals surface area contributed by atoms with Gasteiger partial charge in [-0.15, -0.1) is 0 Å². The maximum Gasteiger partial charge on any atom is 0.161 e. The smallest absolute Gasteiger partial charge is 0.161 e. The average Bonchev–Trinajstić information content (AvgIpc) is 2.65. The summed E-state index contributed by atoms with van der Waals surface area (Å²) in [7, 11) is 1.72. The third kappa shape index (κ3) is 2.32. The fourth-order valence-corrected chi connectivity index (χ4v) is 2.75. The molecule has 2 rings (SSSR count). The van der Waals surface area contributed by atoms with Gasteiger partial charge in [-0.05, 0) is 33.2 Å². The van der Waals surface area contributed by atoms with Crippen LogP contribution < -0.4 is 10.1 Å². The van der Waals surface area contributed by atoms with E-state index in [1.165, 1.54) is 25.0 Å². The zero-order valence-corrected chi connectivity index (χ0v) is 11.1. The van der Waals surface area contributed by atoms with Crippen LogP contribution in [0.2, 0.25) is 0 Å². The summed E-state index contributed by atoms with van der Waals surface area (Å²) in [6.07, 6.45) is 6.82. The van der Waals surface area contributed by atoms with Gasteiger partial charge in [0.2, 0.25) is 0 Å². The number of methoxy groups -OCH3 is 1. The van der Waals surface area contributed by atoms with Crippen molar-refractivity contribution in [1.29, 1.82) is 0 Å². The van der Waals surface area contributed by atoms with E-state index in [0.29, 0.717) is 0 Å². The third-order valence-electron chi connectivity index (χ3n) is 3.72. The molecule has 4 heteroatoms. The van der Waals surface area contributed by atoms with E-state index in [2.05, 4.69) is 28.9 Å². The lowest BCUT2D eigenvalue weighted by atomic mass is 9.91. The molecule has 0 bridgehead atoms. The summed E-state index contributed by atoms with van der Waals surface area (Å²) >= 11 is 0. The number of nitrogens with zero attached hydrogens (tertiary/aromatic N) is 2. The molecule has 1 unspecified atom stereocenters. The highest BCUT2D eigenvalue weighted by atomic mass is 16.5. The van der Waals surface area contributed by atoms with Gasteiger partial charge in [-0.25, -0.2) is 0 Å². The molecule has 1 aliphatic rings. The van der Waals surface area contributed by atoms with Crippen LogP contribution in [-0.4, -0.2) is 23.4 Å². The van der Waals surface area contributed by atoms with Crippen molar-refractivity contribution in [3.63, 3.8) is 0 Å². The van der Waals surface area contributed by atoms with Crippen molar-refractivity contribution in [2.75, 3.05) is 13.7 Å². The number of rotatable bonds is 3. The van der Waals surface area contributed by atoms with Crippen LogP contribution >= 0.6 is 0 Å². The molecule has 0 amide bonds. The minimum Gasteiger partial charge on any atom is -0.493 e. The summed E-state index contributed by atoms with van der Waals surface area (Å²) in [4.78, 5) is 0. The van der Waals surface area contributed by atoms with Crippen LogP contribution in [0.4, 0.5) is 0 Å². The third-order valence-corrected chi connectivity index (χ3v) is 3.72. The molecule has 2 heterocycles. The van der Waals surface area contributed by atoms with E-state index in [-0.39, 0.29) is 5.54 Å². The Hall–Kier alpha value is -1.03. The number of aromatic nitrogens is 2. The predicted octanol–water partition coefficient (Wildman–Crippen LogP) is 2.29. The maximum absolute atomic E-state index is 5.46. The zero-order chi connectivity index (χ0) is 12.3. The monoisotopic (exact) mass is 237 g/mol. The van der Waals surface area contributed by atoms with Gasteiger partial charge < -0.3 is 10.1 Å². The van der Waals surface area contributed by atoms with E-state index < -0.39 is 0 Å². The summed E-state index contributed by atoms with van der Waals surface area (Å²) in [6.45, 7) is 6.35. The SMILES string of the molecule is CCn1ncc(OC)c1C1(C)CCCCCN1. The van der Waals surface area contributed by atoms with Crippen LogP contribution in [-0.2, 0) is 12.1 Å². The van der Waals surface area contributed by atoms with Gasteiger partial charge in [0.1, 0.15) is 5.69 Å². The van der Waals surface area contributed by atoms with E-state index in [1.807, 2.05) is 6.20 Å². The summed E-state index contributed by atoms with van der Waals surface area (Å²) in [5, 5.41) is 8.08. The first-order valence-electron chi connectivity index (χ1n) is 6.56. The Morgan fingerprint density at radius 3 is 3.00 bits per heavy atom. The maximum atomic E-state index is 5.46. The summed E-state index contributed by atoms with van der Waals surface area (Å²) in [5.41, 5.74) is 1.19. The largest absolute Gasteiger partial charge is 0.493 e. The van der Waals surface area contributed by atoms with Gasteiger partial charge in [0.25, 0.3) is 0 Å². The van der Waals surface area contributed by atoms with Crippen LogP contribution in [0.25, 0.3) is 0 Å². The second kappa shape index (κ2) is 5.08. The van der Waals surface area contributed by atoms with Crippen molar-refractivity contribution in [1.82, 2.24) is 15.1 Å². The fourth-order valence-electron chi connectivity index (χ4n) is 2.75. The standard InChI is InChI=1S/C13H23N3O/c1-4-16-12(11(17-3)10-15-16)13(2)8-6-5-7-9-14-13/h10,14H,4-9H2,1-3H3. The molecule has 4 nitrogen and oxygen atoms in total. The molecule has 1 fully saturated rings. The minimum absolute atomic E-state index is 0.00560. The van der Waals surface area contributed by atoms with E-state index in [1.54, 1.807) is 7.11 Å². The molecule has 0 spiro atoms. The molecule has 96 valence electrons. The Kier molecular flexibility index (Phi) is 3.72. The number of aryl methyl sites for hydroxylation is 1. The molecule has 1 aromatic rings. The van der Waals surface area contributed by atoms with Gasteiger partial charge >= 0.3 is 0 Å². The van der Waals surface area contributed by atoms with Gasteiger partial charge in [0.05, 0.1) is 18.8 Å². The molecule has 0 radical (unpaired) electrons. The molecule has 1 aliphatic heterocycles. The van der Waals surface area contributed by atoms with E-state index in [4.69, 9.17) is 4.74 Å². The first-order chi connectivity index (χ1) is 8.21. The van der Waals surface area contributed by atoms with Crippen LogP contribution in [0.1, 0.15) is 45.2 Å². The summed E-state index contributed by atoms with van der Waals surface area (Å²) in [5.74, 6) is 0.906. The zero-order valence-electron chi connectivity index (χ0n) is 11.1. The average molecular weight is 237 g/mol. The normalized spacial score (nSPS) is 25.6. The predicted molar refractivity (Wildman–Crippen MR) is 68.3 cm³/mol. The Bertz CT molecular complexity index is 343. The van der Waals surface area contributed by atoms with Gasteiger partial charge in [-0.1, -0.05) is 12.8 Å². The van der Waals surface area contributed by atoms with Crippen LogP contribution in [0.5, 0.6) is 5.75 Å². The quantitative estimate of drug-likeness (QED) is 0.876. The Labute approximate surface area is 103 Å². The lowest BCUT2D eigenvalue weighted by Crippen LogP contribution is -2.41. The summed E-state index contributed by atoms with van der Waals surface area (Å²) < 4.78 is 7.52. The van der Waals surface area contributed by atoms with E-state index in [9.17, 15) is 0 Å². The second-order valence-electron chi connectivity index (χ2n) is 4.95. The Balaban J connectivity index is 2.38. The molecule has 1 N–H and O–H groups in total. The first-order valence-corrected chi connectivity index (χ1v) is 6.56. The van der Waals surface area contributed by atoms with E-state index in [0.717, 1.165) is 25.3 Å². The molecule has 0 saturated carbocycles. The van der Waals surface area contributed by atoms with Crippen LogP contribution in [0, 0.1) is 0 Å². The second-order valence-corrected chi connectivity index (χ2v) is 4.95. The topological polar surface area (TPSA) is 39.1 Å². The van der Waals surface area contributed by atoms with Gasteiger partial charge in [0, 0.05) is 6.54 Å². The van der Waals surface area contributed by atoms with Crippen molar-refractivity contribution in [2.45, 2.75) is 51.6 Å². The van der Waals surface area contributed by atoms with Gasteiger partial charge in [-0.2, -0.15) is 5.10 Å². The Morgan fingerprint density at radius 2 is 2.29 bits per heavy atom. The highest BCUT2D eigenvalue weighted by Crippen LogP contribution is 2.35. The highest BCUT2D eigenvalue weighted by Gasteiger charge is 2.33. The lowest BCUT2D eigenvalue weighted by molar-refractivity contribution is 0.309. The fraction of sp³-hybridized carbons (Fsp3) is 0.769. The van der Waals surface area contributed by atoms with Crippen molar-refractivity contribution in [2.24, 2.45) is 0 Å². The molecule has 0 aliphatic carbocycles. The number of ether oxygens (including phenoxy) is 1. The van der Waals surface area contributed by atoms with Crippen molar-refractivity contribution < 1.29 is 4.74 Å². The molecule has 0 aromatic carbocycles. The molecule has 17 heavy (non-hydrogen) atoms. The Morgan fingerprint density at radius 1 is 1.47 bits per heavy atom. The lowest BCUT2D eigenvalue weighted by Gasteiger charge is -2.30. The highest BCUT2D eigenvalue weighted by molar-refractivity contribution is 5.32. The first kappa shape index (κ1) is 12.4. The van der Waals surface area contributed by atoms with Gasteiger partial charge in [-0.3, -0.25) is 4.68 Å². The van der Waals surface area contributed by atoms with E-state index >= 15 is 0 Å². The minimum atomic E-state index is -0.00560. The van der Waals surface area contributed by atoms with Crippen molar-refractivity contribution in [3.8, 4) is 5.75 Å². The number of hydrogen-bond donors (Lipinski definition) is 1. The van der Waals surface area contributed by atoms with Crippen molar-refractivity contribution >= 4 is 0 Å². The molecular formula is C13H23N3O. The molecule has 1 atom stereocenters.